The number of hydrogen-bond donors (Lipinski definition) is 3. The molecule has 0 spiro atoms. The Hall–Kier alpha value is -2.09. The molecule has 1 heterocycles. The van der Waals surface area contributed by atoms with E-state index in [1.807, 2.05) is 20.8 Å². The lowest BCUT2D eigenvalue weighted by atomic mass is 9.78. The van der Waals surface area contributed by atoms with Crippen LogP contribution in [0, 0.1) is 12.3 Å². The lowest BCUT2D eigenvalue weighted by molar-refractivity contribution is -0.125. The molecule has 0 radical (unpaired) electrons. The standard InChI is InChI=1S/C18H27N3O4S/c1-11-6-7-12(10-14(11)21-26(5,24)25)17(23)19-13-8-9-15(22)20-16(13)18(2,3)4/h6-7,10,13,16,21H,8-9H2,1-5H3,(H,19,23)(H,20,22)/t13-,16-/m1/s1. The van der Waals surface area contributed by atoms with E-state index in [9.17, 15) is 18.0 Å². The molecule has 2 rings (SSSR count). The Morgan fingerprint density at radius 1 is 1.27 bits per heavy atom. The van der Waals surface area contributed by atoms with E-state index in [1.54, 1.807) is 19.1 Å². The van der Waals surface area contributed by atoms with Crippen LogP contribution in [0.5, 0.6) is 0 Å². The number of amides is 2. The van der Waals surface area contributed by atoms with E-state index in [0.717, 1.165) is 11.8 Å². The van der Waals surface area contributed by atoms with Crippen molar-refractivity contribution < 1.29 is 18.0 Å². The SMILES string of the molecule is Cc1ccc(C(=O)N[C@@H]2CCC(=O)N[C@H]2C(C)(C)C)cc1NS(C)(=O)=O. The predicted octanol–water partition coefficient (Wildman–Crippen LogP) is 1.79. The van der Waals surface area contributed by atoms with Crippen LogP contribution < -0.4 is 15.4 Å². The number of aryl methyl sites for hydroxylation is 1. The van der Waals surface area contributed by atoms with Gasteiger partial charge in [-0.1, -0.05) is 26.8 Å². The summed E-state index contributed by atoms with van der Waals surface area (Å²) < 4.78 is 25.4. The zero-order valence-corrected chi connectivity index (χ0v) is 16.7. The molecule has 26 heavy (non-hydrogen) atoms. The number of carbonyl (C=O) groups is 2. The Balaban J connectivity index is 2.21. The van der Waals surface area contributed by atoms with Gasteiger partial charge in [0.1, 0.15) is 0 Å². The van der Waals surface area contributed by atoms with E-state index in [0.29, 0.717) is 24.1 Å². The van der Waals surface area contributed by atoms with Gasteiger partial charge < -0.3 is 10.6 Å². The van der Waals surface area contributed by atoms with Crippen LogP contribution in [0.3, 0.4) is 0 Å². The Bertz CT molecular complexity index is 812. The molecule has 144 valence electrons. The molecule has 1 aliphatic heterocycles. The summed E-state index contributed by atoms with van der Waals surface area (Å²) in [5, 5.41) is 5.96. The first-order valence-corrected chi connectivity index (χ1v) is 10.4. The zero-order valence-electron chi connectivity index (χ0n) is 15.8. The van der Waals surface area contributed by atoms with Gasteiger partial charge in [-0.25, -0.2) is 8.42 Å². The van der Waals surface area contributed by atoms with E-state index in [-0.39, 0.29) is 29.3 Å². The van der Waals surface area contributed by atoms with Gasteiger partial charge in [0.15, 0.2) is 0 Å². The molecule has 8 heteroatoms. The normalized spacial score (nSPS) is 21.0. The molecule has 2 atom stereocenters. The van der Waals surface area contributed by atoms with Crippen molar-refractivity contribution in [3.8, 4) is 0 Å². The van der Waals surface area contributed by atoms with Crippen LogP contribution in [0.25, 0.3) is 0 Å². The van der Waals surface area contributed by atoms with Crippen LogP contribution >= 0.6 is 0 Å². The molecule has 1 saturated heterocycles. The third-order valence-corrected chi connectivity index (χ3v) is 5.04. The van der Waals surface area contributed by atoms with Gasteiger partial charge in [0.05, 0.1) is 24.0 Å². The molecule has 0 bridgehead atoms. The van der Waals surface area contributed by atoms with Gasteiger partial charge in [-0.2, -0.15) is 0 Å². The monoisotopic (exact) mass is 381 g/mol. The van der Waals surface area contributed by atoms with Crippen molar-refractivity contribution in [2.24, 2.45) is 5.41 Å². The van der Waals surface area contributed by atoms with Gasteiger partial charge >= 0.3 is 0 Å². The van der Waals surface area contributed by atoms with Crippen LogP contribution in [0.15, 0.2) is 18.2 Å². The smallest absolute Gasteiger partial charge is 0.251 e. The fraction of sp³-hybridized carbons (Fsp3) is 0.556. The molecule has 1 aromatic rings. The molecule has 1 fully saturated rings. The summed E-state index contributed by atoms with van der Waals surface area (Å²) in [6.45, 7) is 7.81. The fourth-order valence-corrected chi connectivity index (χ4v) is 3.72. The van der Waals surface area contributed by atoms with Crippen molar-refractivity contribution in [1.29, 1.82) is 0 Å². The van der Waals surface area contributed by atoms with Crippen LogP contribution in [-0.4, -0.2) is 38.6 Å². The zero-order chi connectivity index (χ0) is 19.7. The topological polar surface area (TPSA) is 104 Å². The summed E-state index contributed by atoms with van der Waals surface area (Å²) in [6, 6.07) is 4.52. The highest BCUT2D eigenvalue weighted by molar-refractivity contribution is 7.92. The fourth-order valence-electron chi connectivity index (χ4n) is 3.10. The van der Waals surface area contributed by atoms with Gasteiger partial charge in [0.2, 0.25) is 15.9 Å². The lowest BCUT2D eigenvalue weighted by Gasteiger charge is -2.41. The summed E-state index contributed by atoms with van der Waals surface area (Å²) in [5.41, 5.74) is 1.27. The van der Waals surface area contributed by atoms with Crippen molar-refractivity contribution in [2.75, 3.05) is 11.0 Å². The highest BCUT2D eigenvalue weighted by Gasteiger charge is 2.37. The second-order valence-corrected chi connectivity index (χ2v) is 9.68. The highest BCUT2D eigenvalue weighted by Crippen LogP contribution is 2.27. The van der Waals surface area contributed by atoms with E-state index in [2.05, 4.69) is 15.4 Å². The number of anilines is 1. The van der Waals surface area contributed by atoms with Crippen molar-refractivity contribution in [3.63, 3.8) is 0 Å². The lowest BCUT2D eigenvalue weighted by Crippen LogP contribution is -2.60. The van der Waals surface area contributed by atoms with Crippen LogP contribution in [0.1, 0.15) is 49.5 Å². The molecule has 0 unspecified atom stereocenters. The minimum atomic E-state index is -3.43. The number of hydrogen-bond acceptors (Lipinski definition) is 4. The number of piperidine rings is 1. The number of rotatable bonds is 4. The number of benzene rings is 1. The minimum absolute atomic E-state index is 0.00889. The number of sulfonamides is 1. The molecule has 0 aliphatic carbocycles. The van der Waals surface area contributed by atoms with Crippen LogP contribution in [-0.2, 0) is 14.8 Å². The number of carbonyl (C=O) groups excluding carboxylic acids is 2. The summed E-state index contributed by atoms with van der Waals surface area (Å²) >= 11 is 0. The first kappa shape index (κ1) is 20.2. The summed E-state index contributed by atoms with van der Waals surface area (Å²) in [7, 11) is -3.43. The highest BCUT2D eigenvalue weighted by atomic mass is 32.2. The van der Waals surface area contributed by atoms with Crippen molar-refractivity contribution in [2.45, 2.75) is 52.6 Å². The average Bonchev–Trinajstić information content (AvgIpc) is 2.48. The predicted molar refractivity (Wildman–Crippen MR) is 102 cm³/mol. The van der Waals surface area contributed by atoms with Crippen LogP contribution in [0.2, 0.25) is 0 Å². The quantitative estimate of drug-likeness (QED) is 0.739. The molecule has 0 saturated carbocycles. The van der Waals surface area contributed by atoms with E-state index in [4.69, 9.17) is 0 Å². The molecular formula is C18H27N3O4S. The Labute approximate surface area is 155 Å². The molecule has 0 aromatic heterocycles. The second-order valence-electron chi connectivity index (χ2n) is 7.93. The average molecular weight is 381 g/mol. The second kappa shape index (κ2) is 7.26. The van der Waals surface area contributed by atoms with Gasteiger partial charge in [-0.3, -0.25) is 14.3 Å². The summed E-state index contributed by atoms with van der Waals surface area (Å²) in [6.07, 6.45) is 2.00. The maximum absolute atomic E-state index is 12.7. The summed E-state index contributed by atoms with van der Waals surface area (Å²) in [5.74, 6) is -0.303. The summed E-state index contributed by atoms with van der Waals surface area (Å²) in [4.78, 5) is 24.4. The van der Waals surface area contributed by atoms with Gasteiger partial charge in [0, 0.05) is 12.0 Å². The molecular weight excluding hydrogens is 354 g/mol. The minimum Gasteiger partial charge on any atom is -0.351 e. The van der Waals surface area contributed by atoms with Crippen molar-refractivity contribution in [1.82, 2.24) is 10.6 Å². The molecule has 1 aliphatic rings. The Kier molecular flexibility index (Phi) is 5.65. The third kappa shape index (κ3) is 5.20. The van der Waals surface area contributed by atoms with Gasteiger partial charge in [-0.05, 0) is 36.5 Å². The van der Waals surface area contributed by atoms with Crippen LogP contribution in [0.4, 0.5) is 5.69 Å². The number of nitrogens with one attached hydrogen (secondary N) is 3. The maximum atomic E-state index is 12.7. The largest absolute Gasteiger partial charge is 0.351 e. The Morgan fingerprint density at radius 2 is 1.92 bits per heavy atom. The third-order valence-electron chi connectivity index (χ3n) is 4.45. The molecule has 3 N–H and O–H groups in total. The Morgan fingerprint density at radius 3 is 2.50 bits per heavy atom. The maximum Gasteiger partial charge on any atom is 0.251 e. The van der Waals surface area contributed by atoms with Crippen molar-refractivity contribution >= 4 is 27.5 Å². The van der Waals surface area contributed by atoms with Gasteiger partial charge in [-0.15, -0.1) is 0 Å². The van der Waals surface area contributed by atoms with Gasteiger partial charge in [0.25, 0.3) is 5.91 Å². The van der Waals surface area contributed by atoms with E-state index >= 15 is 0 Å². The molecule has 2 amide bonds. The molecule has 1 aromatic carbocycles. The van der Waals surface area contributed by atoms with E-state index in [1.165, 1.54) is 6.07 Å². The van der Waals surface area contributed by atoms with E-state index < -0.39 is 10.0 Å². The first-order valence-electron chi connectivity index (χ1n) is 8.55. The molecule has 7 nitrogen and oxygen atoms in total. The first-order chi connectivity index (χ1) is 11.9. The van der Waals surface area contributed by atoms with Crippen molar-refractivity contribution in [3.05, 3.63) is 29.3 Å².